The van der Waals surface area contributed by atoms with E-state index in [-0.39, 0.29) is 12.3 Å². The van der Waals surface area contributed by atoms with Crippen LogP contribution in [-0.2, 0) is 16.0 Å². The molecule has 0 saturated carbocycles. The number of rotatable bonds is 5. The van der Waals surface area contributed by atoms with E-state index in [1.807, 2.05) is 30.3 Å². The quantitative estimate of drug-likeness (QED) is 0.699. The minimum atomic E-state index is -0.0635. The Morgan fingerprint density at radius 1 is 1.29 bits per heavy atom. The fraction of sp³-hybridized carbons (Fsp3) is 0.273. The van der Waals surface area contributed by atoms with Crippen molar-refractivity contribution in [2.24, 2.45) is 0 Å². The monoisotopic (exact) mass is 190 g/mol. The van der Waals surface area contributed by atoms with E-state index in [1.54, 1.807) is 6.29 Å². The number of carbonyl (C=O) groups excluding carboxylic acids is 2. The Morgan fingerprint density at radius 3 is 2.64 bits per heavy atom. The third-order valence-corrected chi connectivity index (χ3v) is 1.76. The zero-order chi connectivity index (χ0) is 10.2. The van der Waals surface area contributed by atoms with E-state index < -0.39 is 0 Å². The van der Waals surface area contributed by atoms with Gasteiger partial charge >= 0.3 is 0 Å². The molecule has 1 N–H and O–H groups in total. The molecule has 14 heavy (non-hydrogen) atoms. The number of hydrogen-bond donors (Lipinski definition) is 1. The molecule has 1 amide bonds. The standard InChI is InChI=1S/C11H12NO2/c13-8-4-7-12-11(14)9-10-5-2-1-3-6-10/h1-3,5-6H,4,7,9H2,(H,12,14). The molecule has 0 heterocycles. The van der Waals surface area contributed by atoms with Crippen molar-refractivity contribution in [3.05, 3.63) is 35.9 Å². The summed E-state index contributed by atoms with van der Waals surface area (Å²) < 4.78 is 0. The normalized spacial score (nSPS) is 9.43. The second-order valence-electron chi connectivity index (χ2n) is 2.91. The molecule has 73 valence electrons. The largest absolute Gasteiger partial charge is 0.355 e. The van der Waals surface area contributed by atoms with E-state index in [0.717, 1.165) is 5.56 Å². The van der Waals surface area contributed by atoms with Crippen LogP contribution in [0.3, 0.4) is 0 Å². The summed E-state index contributed by atoms with van der Waals surface area (Å²) in [6, 6.07) is 9.48. The fourth-order valence-electron chi connectivity index (χ4n) is 1.10. The van der Waals surface area contributed by atoms with Gasteiger partial charge in [0.1, 0.15) is 0 Å². The van der Waals surface area contributed by atoms with Crippen molar-refractivity contribution in [2.75, 3.05) is 6.54 Å². The van der Waals surface area contributed by atoms with Gasteiger partial charge in [-0.05, 0) is 5.56 Å². The average molecular weight is 190 g/mol. The summed E-state index contributed by atoms with van der Waals surface area (Å²) in [7, 11) is 0. The van der Waals surface area contributed by atoms with Gasteiger partial charge in [0.2, 0.25) is 5.91 Å². The van der Waals surface area contributed by atoms with Crippen molar-refractivity contribution in [3.63, 3.8) is 0 Å². The third-order valence-electron chi connectivity index (χ3n) is 1.76. The van der Waals surface area contributed by atoms with Gasteiger partial charge in [0.05, 0.1) is 6.42 Å². The molecule has 0 fully saturated rings. The second-order valence-corrected chi connectivity index (χ2v) is 2.91. The first-order chi connectivity index (χ1) is 6.83. The van der Waals surface area contributed by atoms with Crippen LogP contribution in [0.1, 0.15) is 12.0 Å². The van der Waals surface area contributed by atoms with E-state index in [1.165, 1.54) is 0 Å². The van der Waals surface area contributed by atoms with Gasteiger partial charge in [0.15, 0.2) is 6.29 Å². The SMILES string of the molecule is O=[C]CCNC(=O)Cc1ccccc1. The molecular formula is C11H12NO2. The van der Waals surface area contributed by atoms with Crippen molar-refractivity contribution >= 4 is 12.2 Å². The molecule has 0 aromatic heterocycles. The zero-order valence-corrected chi connectivity index (χ0v) is 7.82. The van der Waals surface area contributed by atoms with Gasteiger partial charge in [-0.3, -0.25) is 9.59 Å². The average Bonchev–Trinajstić information content (AvgIpc) is 2.20. The summed E-state index contributed by atoms with van der Waals surface area (Å²) in [5.74, 6) is -0.0635. The predicted molar refractivity (Wildman–Crippen MR) is 53.5 cm³/mol. The summed E-state index contributed by atoms with van der Waals surface area (Å²) in [5.41, 5.74) is 0.972. The number of carbonyl (C=O) groups is 1. The summed E-state index contributed by atoms with van der Waals surface area (Å²) in [5, 5.41) is 2.63. The molecule has 3 heteroatoms. The lowest BCUT2D eigenvalue weighted by atomic mass is 10.1. The highest BCUT2D eigenvalue weighted by atomic mass is 16.1. The van der Waals surface area contributed by atoms with Crippen molar-refractivity contribution in [1.29, 1.82) is 0 Å². The van der Waals surface area contributed by atoms with Crippen LogP contribution in [0.5, 0.6) is 0 Å². The number of nitrogens with one attached hydrogen (secondary N) is 1. The van der Waals surface area contributed by atoms with E-state index in [0.29, 0.717) is 13.0 Å². The van der Waals surface area contributed by atoms with Crippen LogP contribution >= 0.6 is 0 Å². The Hall–Kier alpha value is -1.64. The smallest absolute Gasteiger partial charge is 0.224 e. The number of benzene rings is 1. The molecule has 0 atom stereocenters. The lowest BCUT2D eigenvalue weighted by molar-refractivity contribution is -0.120. The lowest BCUT2D eigenvalue weighted by Crippen LogP contribution is -2.26. The maximum Gasteiger partial charge on any atom is 0.224 e. The Labute approximate surface area is 83.1 Å². The number of amides is 1. The van der Waals surface area contributed by atoms with Crippen LogP contribution in [-0.4, -0.2) is 18.7 Å². The predicted octanol–water partition coefficient (Wildman–Crippen LogP) is 0.845. The highest BCUT2D eigenvalue weighted by molar-refractivity contribution is 5.78. The molecule has 1 aromatic carbocycles. The van der Waals surface area contributed by atoms with Crippen molar-refractivity contribution in [2.45, 2.75) is 12.8 Å². The molecule has 0 unspecified atom stereocenters. The van der Waals surface area contributed by atoms with Crippen LogP contribution in [0.2, 0.25) is 0 Å². The van der Waals surface area contributed by atoms with Gasteiger partial charge in [-0.25, -0.2) is 0 Å². The minimum Gasteiger partial charge on any atom is -0.355 e. The summed E-state index contributed by atoms with van der Waals surface area (Å²) in [6.45, 7) is 0.370. The van der Waals surface area contributed by atoms with Gasteiger partial charge in [0.25, 0.3) is 0 Å². The van der Waals surface area contributed by atoms with Gasteiger partial charge < -0.3 is 5.32 Å². The summed E-state index contributed by atoms with van der Waals surface area (Å²) in [4.78, 5) is 21.1. The van der Waals surface area contributed by atoms with E-state index in [9.17, 15) is 9.59 Å². The molecule has 0 aliphatic heterocycles. The molecule has 1 rings (SSSR count). The van der Waals surface area contributed by atoms with Crippen LogP contribution in [0.4, 0.5) is 0 Å². The first-order valence-corrected chi connectivity index (χ1v) is 4.48. The molecular weight excluding hydrogens is 178 g/mol. The number of hydrogen-bond acceptors (Lipinski definition) is 2. The Morgan fingerprint density at radius 2 is 2.00 bits per heavy atom. The molecule has 0 aliphatic carbocycles. The van der Waals surface area contributed by atoms with Crippen LogP contribution in [0.15, 0.2) is 30.3 Å². The highest BCUT2D eigenvalue weighted by Gasteiger charge is 2.00. The Bertz CT molecular complexity index is 295. The molecule has 1 radical (unpaired) electrons. The summed E-state index contributed by atoms with van der Waals surface area (Å²) in [6.07, 6.45) is 2.33. The van der Waals surface area contributed by atoms with Gasteiger partial charge in [-0.1, -0.05) is 30.3 Å². The maximum atomic E-state index is 11.2. The fourth-order valence-corrected chi connectivity index (χ4v) is 1.10. The van der Waals surface area contributed by atoms with Crippen molar-refractivity contribution < 1.29 is 9.59 Å². The molecule has 1 aromatic rings. The molecule has 0 saturated heterocycles. The topological polar surface area (TPSA) is 46.2 Å². The van der Waals surface area contributed by atoms with Crippen LogP contribution in [0.25, 0.3) is 0 Å². The highest BCUT2D eigenvalue weighted by Crippen LogP contribution is 1.98. The molecule has 0 spiro atoms. The first kappa shape index (κ1) is 10.4. The Kier molecular flexibility index (Phi) is 4.41. The lowest BCUT2D eigenvalue weighted by Gasteiger charge is -2.02. The van der Waals surface area contributed by atoms with Gasteiger partial charge in [0, 0.05) is 13.0 Å². The van der Waals surface area contributed by atoms with Crippen molar-refractivity contribution in [1.82, 2.24) is 5.32 Å². The molecule has 3 nitrogen and oxygen atoms in total. The zero-order valence-electron chi connectivity index (χ0n) is 7.82. The third kappa shape index (κ3) is 3.85. The van der Waals surface area contributed by atoms with E-state index >= 15 is 0 Å². The van der Waals surface area contributed by atoms with Gasteiger partial charge in [-0.2, -0.15) is 0 Å². The van der Waals surface area contributed by atoms with E-state index in [2.05, 4.69) is 5.32 Å². The minimum absolute atomic E-state index is 0.0635. The Balaban J connectivity index is 2.31. The van der Waals surface area contributed by atoms with Crippen LogP contribution in [0, 0.1) is 0 Å². The summed E-state index contributed by atoms with van der Waals surface area (Å²) >= 11 is 0. The van der Waals surface area contributed by atoms with Gasteiger partial charge in [-0.15, -0.1) is 0 Å². The van der Waals surface area contributed by atoms with Crippen molar-refractivity contribution in [3.8, 4) is 0 Å². The first-order valence-electron chi connectivity index (χ1n) is 4.48. The van der Waals surface area contributed by atoms with E-state index in [4.69, 9.17) is 0 Å². The molecule has 0 bridgehead atoms. The van der Waals surface area contributed by atoms with Crippen LogP contribution < -0.4 is 5.32 Å². The maximum absolute atomic E-state index is 11.2. The second kappa shape index (κ2) is 5.91. The molecule has 0 aliphatic rings.